The fourth-order valence-electron chi connectivity index (χ4n) is 5.66. The smallest absolute Gasteiger partial charge is 0.335 e. The van der Waals surface area contributed by atoms with Gasteiger partial charge in [0.05, 0.1) is 31.5 Å². The van der Waals surface area contributed by atoms with Gasteiger partial charge in [-0.2, -0.15) is 4.31 Å². The van der Waals surface area contributed by atoms with Crippen molar-refractivity contribution < 1.29 is 54.9 Å². The van der Waals surface area contributed by atoms with Crippen LogP contribution in [0.1, 0.15) is 72.1 Å². The van der Waals surface area contributed by atoms with E-state index in [1.807, 2.05) is 32.9 Å². The Balaban J connectivity index is 1.67. The third-order valence-corrected chi connectivity index (χ3v) is 10.5. The topological polar surface area (TPSA) is 124 Å². The summed E-state index contributed by atoms with van der Waals surface area (Å²) in [6.45, 7) is 3.59. The molecular formula is C37H35F5N2O7S. The Morgan fingerprint density at radius 3 is 2.04 bits per heavy atom. The number of carboxylic acids is 1. The van der Waals surface area contributed by atoms with Crippen molar-refractivity contribution in [3.63, 3.8) is 0 Å². The lowest BCUT2D eigenvalue weighted by Crippen LogP contribution is -2.43. The van der Waals surface area contributed by atoms with Gasteiger partial charge < -0.3 is 19.8 Å². The molecule has 1 amide bonds. The molecule has 1 aliphatic carbocycles. The molecule has 52 heavy (non-hydrogen) atoms. The Bertz CT molecular complexity index is 2140. The number of hydrogen-bond donors (Lipinski definition) is 2. The Morgan fingerprint density at radius 2 is 1.48 bits per heavy atom. The lowest BCUT2D eigenvalue weighted by molar-refractivity contribution is -0.119. The predicted octanol–water partition coefficient (Wildman–Crippen LogP) is 7.39. The van der Waals surface area contributed by atoms with Gasteiger partial charge in [-0.1, -0.05) is 57.2 Å². The summed E-state index contributed by atoms with van der Waals surface area (Å²) < 4.78 is 106. The number of sulfonamides is 1. The quantitative estimate of drug-likeness (QED) is 0.0880. The van der Waals surface area contributed by atoms with Crippen LogP contribution in [0.15, 0.2) is 65.6 Å². The Morgan fingerprint density at radius 1 is 0.865 bits per heavy atom. The minimum Gasteiger partial charge on any atom is -0.508 e. The van der Waals surface area contributed by atoms with Crippen LogP contribution >= 0.6 is 0 Å². The van der Waals surface area contributed by atoms with Crippen LogP contribution in [0, 0.1) is 29.1 Å². The highest BCUT2D eigenvalue weighted by atomic mass is 32.2. The molecule has 4 aromatic rings. The summed E-state index contributed by atoms with van der Waals surface area (Å²) in [5, 5.41) is 20.0. The molecule has 9 nitrogen and oxygen atoms in total. The van der Waals surface area contributed by atoms with Crippen molar-refractivity contribution in [2.45, 2.75) is 62.9 Å². The number of carbonyl (C=O) groups is 2. The van der Waals surface area contributed by atoms with Gasteiger partial charge in [0.1, 0.15) is 11.5 Å². The minimum absolute atomic E-state index is 0.0113. The van der Waals surface area contributed by atoms with Gasteiger partial charge in [-0.3, -0.25) is 4.79 Å². The van der Waals surface area contributed by atoms with Crippen molar-refractivity contribution in [3.8, 4) is 11.5 Å². The number of ether oxygens (including phenoxy) is 1. The number of anilines is 1. The van der Waals surface area contributed by atoms with Gasteiger partial charge >= 0.3 is 5.97 Å². The van der Waals surface area contributed by atoms with E-state index in [0.29, 0.717) is 5.56 Å². The molecule has 4 aromatic carbocycles. The maximum absolute atomic E-state index is 15.0. The van der Waals surface area contributed by atoms with E-state index >= 15 is 8.78 Å². The third kappa shape index (κ3) is 7.75. The summed E-state index contributed by atoms with van der Waals surface area (Å²) >= 11 is 0. The number of aromatic hydroxyl groups is 1. The summed E-state index contributed by atoms with van der Waals surface area (Å²) in [4.78, 5) is 25.1. The van der Waals surface area contributed by atoms with Gasteiger partial charge in [0.2, 0.25) is 21.7 Å². The van der Waals surface area contributed by atoms with Crippen molar-refractivity contribution >= 4 is 27.6 Å². The molecule has 0 bridgehead atoms. The van der Waals surface area contributed by atoms with E-state index in [9.17, 15) is 41.4 Å². The van der Waals surface area contributed by atoms with Crippen LogP contribution < -0.4 is 9.64 Å². The number of amides is 1. The number of phenolic OH excluding ortho intramolecular Hbond substituents is 1. The molecule has 2 N–H and O–H groups in total. The molecule has 5 rings (SSSR count). The van der Waals surface area contributed by atoms with E-state index in [0.717, 1.165) is 34.9 Å². The van der Waals surface area contributed by atoms with Crippen LogP contribution in [0.5, 0.6) is 11.5 Å². The number of methoxy groups -OCH3 is 1. The zero-order valence-electron chi connectivity index (χ0n) is 28.5. The molecule has 0 unspecified atom stereocenters. The second kappa shape index (κ2) is 14.5. The molecule has 15 heteroatoms. The van der Waals surface area contributed by atoms with E-state index in [1.54, 1.807) is 0 Å². The first-order valence-electron chi connectivity index (χ1n) is 16.0. The van der Waals surface area contributed by atoms with E-state index in [4.69, 9.17) is 4.74 Å². The molecule has 0 spiro atoms. The van der Waals surface area contributed by atoms with Gasteiger partial charge in [-0.15, -0.1) is 0 Å². The van der Waals surface area contributed by atoms with Crippen LogP contribution in [0.3, 0.4) is 0 Å². The van der Waals surface area contributed by atoms with E-state index < -0.39 is 74.7 Å². The lowest BCUT2D eigenvalue weighted by atomic mass is 9.84. The molecular weight excluding hydrogens is 711 g/mol. The van der Waals surface area contributed by atoms with Crippen molar-refractivity contribution in [2.24, 2.45) is 0 Å². The number of carboxylic acid groups (broad SMARTS) is 1. The first-order valence-corrected chi connectivity index (χ1v) is 17.4. The van der Waals surface area contributed by atoms with Gasteiger partial charge in [-0.25, -0.2) is 35.2 Å². The van der Waals surface area contributed by atoms with Crippen molar-refractivity contribution in [2.75, 3.05) is 18.6 Å². The highest BCUT2D eigenvalue weighted by Crippen LogP contribution is 2.42. The zero-order chi connectivity index (χ0) is 38.3. The first-order chi connectivity index (χ1) is 24.3. The molecule has 1 saturated carbocycles. The van der Waals surface area contributed by atoms with E-state index in [-0.39, 0.29) is 44.7 Å². The minimum atomic E-state index is -5.72. The number of phenols is 1. The van der Waals surface area contributed by atoms with Gasteiger partial charge in [-0.05, 0) is 65.1 Å². The number of hydrogen-bond acceptors (Lipinski definition) is 6. The molecule has 0 aliphatic heterocycles. The lowest BCUT2D eigenvalue weighted by Gasteiger charge is -2.30. The zero-order valence-corrected chi connectivity index (χ0v) is 29.3. The van der Waals surface area contributed by atoms with Crippen LogP contribution in [0.4, 0.5) is 27.6 Å². The normalized spacial score (nSPS) is 13.3. The summed E-state index contributed by atoms with van der Waals surface area (Å²) in [5.41, 5.74) is 1.84. The summed E-state index contributed by atoms with van der Waals surface area (Å²) in [7, 11) is -4.50. The molecule has 1 aliphatic rings. The van der Waals surface area contributed by atoms with Gasteiger partial charge in [0.25, 0.3) is 0 Å². The highest BCUT2D eigenvalue weighted by molar-refractivity contribution is 7.89. The highest BCUT2D eigenvalue weighted by Gasteiger charge is 2.39. The fourth-order valence-corrected chi connectivity index (χ4v) is 7.14. The Hall–Kier alpha value is -5.02. The maximum atomic E-state index is 15.0. The monoisotopic (exact) mass is 746 g/mol. The average molecular weight is 747 g/mol. The molecule has 0 radical (unpaired) electrons. The summed E-state index contributed by atoms with van der Waals surface area (Å²) in [6, 6.07) is 14.6. The number of aromatic carboxylic acids is 1. The SMILES string of the molecule is COc1cc(C(=O)O)ccc1N(Cc1cc(C2CC2)cc(C(C)(C)C)c1)C(=O)CN(Cc1ccccc1O)S(=O)(=O)c1c(F)c(F)c(F)c(F)c1F. The number of benzene rings is 4. The van der Waals surface area contributed by atoms with Crippen LogP contribution in [-0.4, -0.2) is 48.5 Å². The Kier molecular flexibility index (Phi) is 10.7. The number of nitrogens with zero attached hydrogens (tertiary/aromatic N) is 2. The molecule has 1 fully saturated rings. The van der Waals surface area contributed by atoms with Crippen molar-refractivity contribution in [1.29, 1.82) is 0 Å². The molecule has 276 valence electrons. The standard InChI is InChI=1S/C37H35F5N2O7S/c1-37(2,3)25-14-20(13-24(15-25)21-9-10-21)17-44(26-12-11-22(36(47)48)16-28(26)51-4)29(46)19-43(18-23-7-5-6-8-27(23)45)52(49,50)35-33(41)31(39)30(38)32(40)34(35)42/h5-8,11-16,21,45H,9-10,17-19H2,1-4H3,(H,47,48). The molecule has 0 atom stereocenters. The average Bonchev–Trinajstić information content (AvgIpc) is 3.94. The Labute approximate surface area is 296 Å². The molecule has 0 aromatic heterocycles. The molecule has 0 heterocycles. The van der Waals surface area contributed by atoms with Crippen LogP contribution in [-0.2, 0) is 33.3 Å². The number of rotatable bonds is 12. The van der Waals surface area contributed by atoms with Crippen LogP contribution in [0.2, 0.25) is 0 Å². The van der Waals surface area contributed by atoms with Crippen molar-refractivity contribution in [1.82, 2.24) is 4.31 Å². The van der Waals surface area contributed by atoms with Crippen molar-refractivity contribution in [3.05, 3.63) is 118 Å². The van der Waals surface area contributed by atoms with E-state index in [2.05, 4.69) is 6.07 Å². The first kappa shape index (κ1) is 38.2. The largest absolute Gasteiger partial charge is 0.508 e. The second-order valence-corrected chi connectivity index (χ2v) is 15.3. The van der Waals surface area contributed by atoms with Crippen LogP contribution in [0.25, 0.3) is 0 Å². The maximum Gasteiger partial charge on any atom is 0.335 e. The van der Waals surface area contributed by atoms with Gasteiger partial charge in [0, 0.05) is 12.1 Å². The van der Waals surface area contributed by atoms with Gasteiger partial charge in [0.15, 0.2) is 28.2 Å². The number of para-hydroxylation sites is 1. The molecule has 0 saturated heterocycles. The van der Waals surface area contributed by atoms with E-state index in [1.165, 1.54) is 43.5 Å². The fraction of sp³-hybridized carbons (Fsp3) is 0.297. The predicted molar refractivity (Wildman–Crippen MR) is 180 cm³/mol. The summed E-state index contributed by atoms with van der Waals surface area (Å²) in [5.74, 6) is -15.5. The number of halogens is 5. The third-order valence-electron chi connectivity index (χ3n) is 8.71. The number of carbonyl (C=O) groups excluding carboxylic acids is 1. The summed E-state index contributed by atoms with van der Waals surface area (Å²) in [6.07, 6.45) is 1.91. The second-order valence-electron chi connectivity index (χ2n) is 13.5.